The van der Waals surface area contributed by atoms with Gasteiger partial charge in [-0.15, -0.1) is 0 Å². The number of carbonyl (C=O) groups excluding carboxylic acids is 1. The fraction of sp³-hybridized carbons (Fsp3) is 0.0833. The third kappa shape index (κ3) is 3.86. The van der Waals surface area contributed by atoms with Crippen molar-refractivity contribution in [2.45, 2.75) is 6.92 Å². The van der Waals surface area contributed by atoms with E-state index in [0.717, 1.165) is 33.1 Å². The van der Waals surface area contributed by atoms with Crippen molar-refractivity contribution >= 4 is 38.9 Å². The second kappa shape index (κ2) is 7.92. The number of hydrogen-bond donors (Lipinski definition) is 2. The average molecular weight is 367 g/mol. The van der Waals surface area contributed by atoms with Gasteiger partial charge in [0.05, 0.1) is 12.3 Å². The first-order chi connectivity index (χ1) is 13.7. The molecule has 1 amide bonds. The lowest BCUT2D eigenvalue weighted by Gasteiger charge is -2.09. The van der Waals surface area contributed by atoms with Crippen LogP contribution >= 0.6 is 0 Å². The Kier molecular flexibility index (Phi) is 5.02. The molecule has 0 fully saturated rings. The molecule has 0 atom stereocenters. The van der Waals surface area contributed by atoms with Gasteiger partial charge in [-0.25, -0.2) is 5.43 Å². The molecule has 0 radical (unpaired) electrons. The zero-order valence-electron chi connectivity index (χ0n) is 15.6. The topological polar surface area (TPSA) is 53.5 Å². The van der Waals surface area contributed by atoms with Crippen molar-refractivity contribution in [2.75, 3.05) is 11.9 Å². The van der Waals surface area contributed by atoms with E-state index in [1.54, 1.807) is 0 Å². The minimum atomic E-state index is -0.187. The Labute approximate surface area is 163 Å². The molecule has 0 heterocycles. The molecule has 0 spiro atoms. The number of nitrogens with one attached hydrogen (secondary N) is 2. The summed E-state index contributed by atoms with van der Waals surface area (Å²) in [7, 11) is 0. The maximum atomic E-state index is 12.2. The number of benzene rings is 4. The highest BCUT2D eigenvalue weighted by Crippen LogP contribution is 2.22. The minimum Gasteiger partial charge on any atom is -0.376 e. The van der Waals surface area contributed by atoms with E-state index in [1.165, 1.54) is 5.39 Å². The molecule has 28 heavy (non-hydrogen) atoms. The molecular formula is C24H21N3O. The molecule has 0 saturated carbocycles. The average Bonchev–Trinajstić information content (AvgIpc) is 2.75. The Morgan fingerprint density at radius 2 is 1.54 bits per heavy atom. The van der Waals surface area contributed by atoms with Crippen molar-refractivity contribution < 1.29 is 4.79 Å². The first-order valence-electron chi connectivity index (χ1n) is 9.25. The Balaban J connectivity index is 1.41. The van der Waals surface area contributed by atoms with Gasteiger partial charge in [-0.3, -0.25) is 4.79 Å². The fourth-order valence-electron chi connectivity index (χ4n) is 3.22. The van der Waals surface area contributed by atoms with Crippen LogP contribution in [0.2, 0.25) is 0 Å². The Morgan fingerprint density at radius 3 is 2.39 bits per heavy atom. The highest BCUT2D eigenvalue weighted by Gasteiger charge is 2.05. The normalized spacial score (nSPS) is 11.5. The monoisotopic (exact) mass is 367 g/mol. The maximum absolute atomic E-state index is 12.2. The highest BCUT2D eigenvalue weighted by atomic mass is 16.2. The van der Waals surface area contributed by atoms with Crippen LogP contribution in [0, 0.1) is 0 Å². The summed E-state index contributed by atoms with van der Waals surface area (Å²) < 4.78 is 0. The summed E-state index contributed by atoms with van der Waals surface area (Å²) in [5.74, 6) is -0.187. The van der Waals surface area contributed by atoms with Gasteiger partial charge in [-0.05, 0) is 40.8 Å². The Hall–Kier alpha value is -3.66. The van der Waals surface area contributed by atoms with Gasteiger partial charge >= 0.3 is 0 Å². The van der Waals surface area contributed by atoms with E-state index in [1.807, 2.05) is 55.5 Å². The van der Waals surface area contributed by atoms with Crippen LogP contribution in [0.5, 0.6) is 0 Å². The van der Waals surface area contributed by atoms with Crippen molar-refractivity contribution in [1.29, 1.82) is 0 Å². The van der Waals surface area contributed by atoms with E-state index < -0.39 is 0 Å². The predicted molar refractivity (Wildman–Crippen MR) is 117 cm³/mol. The van der Waals surface area contributed by atoms with Gasteiger partial charge in [-0.2, -0.15) is 5.10 Å². The number of anilines is 1. The summed E-state index contributed by atoms with van der Waals surface area (Å²) in [6.45, 7) is 2.05. The van der Waals surface area contributed by atoms with Crippen LogP contribution in [-0.2, 0) is 4.79 Å². The van der Waals surface area contributed by atoms with Crippen LogP contribution in [0.3, 0.4) is 0 Å². The van der Waals surface area contributed by atoms with E-state index in [0.29, 0.717) is 0 Å². The standard InChI is InChI=1S/C24H21N3O/c1-17(20-14-13-18-7-2-3-9-21(18)15-20)26-27-24(28)16-25-23-12-6-10-19-8-4-5-11-22(19)23/h2-15,25H,16H2,1H3,(H,27,28)/b26-17-. The molecule has 4 heteroatoms. The smallest absolute Gasteiger partial charge is 0.259 e. The van der Waals surface area contributed by atoms with Gasteiger partial charge in [0.2, 0.25) is 0 Å². The van der Waals surface area contributed by atoms with Gasteiger partial charge < -0.3 is 5.32 Å². The van der Waals surface area contributed by atoms with Crippen molar-refractivity contribution in [2.24, 2.45) is 5.10 Å². The van der Waals surface area contributed by atoms with Crippen LogP contribution in [-0.4, -0.2) is 18.2 Å². The fourth-order valence-corrected chi connectivity index (χ4v) is 3.22. The third-order valence-electron chi connectivity index (χ3n) is 4.74. The van der Waals surface area contributed by atoms with Crippen LogP contribution < -0.4 is 10.7 Å². The summed E-state index contributed by atoms with van der Waals surface area (Å²) in [5.41, 5.74) is 5.32. The lowest BCUT2D eigenvalue weighted by Crippen LogP contribution is -2.26. The van der Waals surface area contributed by atoms with Crippen LogP contribution in [0.1, 0.15) is 12.5 Å². The van der Waals surface area contributed by atoms with Gasteiger partial charge in [0.15, 0.2) is 0 Å². The molecule has 0 saturated heterocycles. The summed E-state index contributed by atoms with van der Waals surface area (Å²) >= 11 is 0. The van der Waals surface area contributed by atoms with Crippen LogP contribution in [0.25, 0.3) is 21.5 Å². The molecular weight excluding hydrogens is 346 g/mol. The third-order valence-corrected chi connectivity index (χ3v) is 4.74. The molecule has 0 aliphatic heterocycles. The lowest BCUT2D eigenvalue weighted by atomic mass is 10.0. The van der Waals surface area contributed by atoms with Crippen molar-refractivity contribution in [3.8, 4) is 0 Å². The zero-order valence-corrected chi connectivity index (χ0v) is 15.6. The van der Waals surface area contributed by atoms with E-state index in [4.69, 9.17) is 0 Å². The number of fused-ring (bicyclic) bond motifs is 2. The number of amides is 1. The molecule has 4 rings (SSSR count). The SMILES string of the molecule is C/C(=N/NC(=O)CNc1cccc2ccccc12)c1ccc2ccccc2c1. The van der Waals surface area contributed by atoms with Crippen molar-refractivity contribution in [3.63, 3.8) is 0 Å². The largest absolute Gasteiger partial charge is 0.376 e. The molecule has 0 unspecified atom stereocenters. The minimum absolute atomic E-state index is 0.155. The molecule has 0 aliphatic carbocycles. The van der Waals surface area contributed by atoms with Gasteiger partial charge in [0.1, 0.15) is 0 Å². The number of nitrogens with zero attached hydrogens (tertiary/aromatic N) is 1. The van der Waals surface area contributed by atoms with E-state index in [9.17, 15) is 4.79 Å². The molecule has 0 aromatic heterocycles. The molecule has 2 N–H and O–H groups in total. The highest BCUT2D eigenvalue weighted by molar-refractivity contribution is 6.02. The van der Waals surface area contributed by atoms with Gasteiger partial charge in [0.25, 0.3) is 5.91 Å². The van der Waals surface area contributed by atoms with E-state index in [-0.39, 0.29) is 12.5 Å². The van der Waals surface area contributed by atoms with Gasteiger partial charge in [0, 0.05) is 11.1 Å². The second-order valence-corrected chi connectivity index (χ2v) is 6.67. The maximum Gasteiger partial charge on any atom is 0.259 e. The van der Waals surface area contributed by atoms with Crippen LogP contribution in [0.15, 0.2) is 90.0 Å². The van der Waals surface area contributed by atoms with Gasteiger partial charge in [-0.1, -0.05) is 72.8 Å². The summed E-state index contributed by atoms with van der Waals surface area (Å²) in [6, 6.07) is 28.4. The van der Waals surface area contributed by atoms with Crippen molar-refractivity contribution in [1.82, 2.24) is 5.43 Å². The quantitative estimate of drug-likeness (QED) is 0.387. The predicted octanol–water partition coefficient (Wildman–Crippen LogP) is 4.95. The first kappa shape index (κ1) is 17.7. The number of hydrazone groups is 1. The summed E-state index contributed by atoms with van der Waals surface area (Å²) in [6.07, 6.45) is 0. The molecule has 0 bridgehead atoms. The first-order valence-corrected chi connectivity index (χ1v) is 9.25. The molecule has 4 aromatic rings. The summed E-state index contributed by atoms with van der Waals surface area (Å²) in [4.78, 5) is 12.2. The molecule has 4 nitrogen and oxygen atoms in total. The second-order valence-electron chi connectivity index (χ2n) is 6.67. The Bertz CT molecular complexity index is 1180. The van der Waals surface area contributed by atoms with E-state index >= 15 is 0 Å². The lowest BCUT2D eigenvalue weighted by molar-refractivity contribution is -0.119. The Morgan fingerprint density at radius 1 is 0.821 bits per heavy atom. The van der Waals surface area contributed by atoms with E-state index in [2.05, 4.69) is 52.2 Å². The zero-order chi connectivity index (χ0) is 19.3. The number of rotatable bonds is 5. The molecule has 0 aliphatic rings. The molecule has 138 valence electrons. The summed E-state index contributed by atoms with van der Waals surface area (Å²) in [5, 5.41) is 12.0. The molecule has 4 aromatic carbocycles. The number of carbonyl (C=O) groups is 1. The number of hydrogen-bond acceptors (Lipinski definition) is 3. The van der Waals surface area contributed by atoms with Crippen LogP contribution in [0.4, 0.5) is 5.69 Å². The van der Waals surface area contributed by atoms with Crippen molar-refractivity contribution in [3.05, 3.63) is 90.5 Å².